The van der Waals surface area contributed by atoms with Crippen LogP contribution in [0.2, 0.25) is 0 Å². The smallest absolute Gasteiger partial charge is 0.338 e. The summed E-state index contributed by atoms with van der Waals surface area (Å²) in [6, 6.07) is 15.0. The minimum absolute atomic E-state index is 0.0871. The second-order valence-electron chi connectivity index (χ2n) is 6.42. The van der Waals surface area contributed by atoms with Crippen molar-refractivity contribution in [1.29, 1.82) is 0 Å². The minimum Gasteiger partial charge on any atom is -0.507 e. The van der Waals surface area contributed by atoms with Crippen molar-refractivity contribution in [3.63, 3.8) is 0 Å². The Hall–Kier alpha value is -2.55. The number of hydrogen-bond donors (Lipinski definition) is 1. The first-order valence-electron chi connectivity index (χ1n) is 7.22. The maximum atomic E-state index is 12.2. The number of ether oxygens (including phenoxy) is 1. The van der Waals surface area contributed by atoms with Gasteiger partial charge in [0.15, 0.2) is 0 Å². The Morgan fingerprint density at radius 1 is 0.955 bits per heavy atom. The fraction of sp³-hybridized carbons (Fsp3) is 0.211. The van der Waals surface area contributed by atoms with Crippen molar-refractivity contribution in [2.75, 3.05) is 0 Å². The van der Waals surface area contributed by atoms with E-state index in [2.05, 4.69) is 0 Å². The molecule has 3 rings (SSSR count). The Morgan fingerprint density at radius 3 is 2.23 bits per heavy atom. The number of hydrogen-bond acceptors (Lipinski definition) is 3. The zero-order valence-corrected chi connectivity index (χ0v) is 12.9. The average molecular weight is 294 g/mol. The van der Waals surface area contributed by atoms with Gasteiger partial charge in [0.05, 0.1) is 5.56 Å². The second kappa shape index (κ2) is 5.02. The van der Waals surface area contributed by atoms with Gasteiger partial charge in [-0.25, -0.2) is 4.79 Å². The number of fused-ring (bicyclic) bond motifs is 2. The van der Waals surface area contributed by atoms with E-state index in [9.17, 15) is 9.90 Å². The van der Waals surface area contributed by atoms with Crippen LogP contribution in [0.1, 0.15) is 31.1 Å². The molecule has 112 valence electrons. The lowest BCUT2D eigenvalue weighted by molar-refractivity contribution is 0.00693. The number of carbonyl (C=O) groups excluding carboxylic acids is 1. The normalized spacial score (nSPS) is 11.8. The molecule has 1 N–H and O–H groups in total. The van der Waals surface area contributed by atoms with Crippen LogP contribution in [0, 0.1) is 0 Å². The van der Waals surface area contributed by atoms with Gasteiger partial charge in [-0.2, -0.15) is 0 Å². The van der Waals surface area contributed by atoms with Crippen LogP contribution in [-0.2, 0) is 4.74 Å². The topological polar surface area (TPSA) is 46.5 Å². The summed E-state index contributed by atoms with van der Waals surface area (Å²) < 4.78 is 5.37. The zero-order chi connectivity index (χ0) is 15.9. The summed E-state index contributed by atoms with van der Waals surface area (Å²) in [5, 5.41) is 13.9. The summed E-state index contributed by atoms with van der Waals surface area (Å²) in [7, 11) is 0. The highest BCUT2D eigenvalue weighted by molar-refractivity contribution is 6.04. The lowest BCUT2D eigenvalue weighted by atomic mass is 10.0. The van der Waals surface area contributed by atoms with Crippen molar-refractivity contribution in [2.45, 2.75) is 26.4 Å². The summed E-state index contributed by atoms with van der Waals surface area (Å²) in [5.41, 5.74) is -0.208. The Kier molecular flexibility index (Phi) is 3.28. The summed E-state index contributed by atoms with van der Waals surface area (Å²) in [4.78, 5) is 12.2. The third kappa shape index (κ3) is 2.75. The van der Waals surface area contributed by atoms with E-state index in [0.29, 0.717) is 5.56 Å². The molecule has 0 radical (unpaired) electrons. The third-order valence-corrected chi connectivity index (χ3v) is 3.43. The van der Waals surface area contributed by atoms with Crippen molar-refractivity contribution in [3.05, 3.63) is 54.1 Å². The van der Waals surface area contributed by atoms with Crippen molar-refractivity contribution >= 4 is 27.5 Å². The van der Waals surface area contributed by atoms with Crippen molar-refractivity contribution < 1.29 is 14.6 Å². The van der Waals surface area contributed by atoms with Gasteiger partial charge in [-0.15, -0.1) is 0 Å². The lowest BCUT2D eigenvalue weighted by Crippen LogP contribution is -2.23. The maximum absolute atomic E-state index is 12.2. The molecule has 0 aliphatic heterocycles. The van der Waals surface area contributed by atoms with E-state index in [4.69, 9.17) is 4.74 Å². The highest BCUT2D eigenvalue weighted by Crippen LogP contribution is 2.31. The maximum Gasteiger partial charge on any atom is 0.338 e. The number of phenolic OH excluding ortho intramolecular Hbond substituents is 1. The number of esters is 1. The predicted molar refractivity (Wildman–Crippen MR) is 88.3 cm³/mol. The quantitative estimate of drug-likeness (QED) is 0.524. The number of aromatic hydroxyl groups is 1. The van der Waals surface area contributed by atoms with Crippen LogP contribution in [0.25, 0.3) is 21.5 Å². The lowest BCUT2D eigenvalue weighted by Gasteiger charge is -2.19. The summed E-state index contributed by atoms with van der Waals surface area (Å²) in [6.07, 6.45) is 0. The van der Waals surface area contributed by atoms with Crippen LogP contribution < -0.4 is 0 Å². The minimum atomic E-state index is -0.564. The standard InChI is InChI=1S/C19H18O3/c1-19(2,3)22-18(21)15-9-14-8-12-6-4-5-7-13(12)10-16(14)17(20)11-15/h4-11,20H,1-3H3. The van der Waals surface area contributed by atoms with Gasteiger partial charge in [0.25, 0.3) is 0 Å². The van der Waals surface area contributed by atoms with Crippen molar-refractivity contribution in [3.8, 4) is 5.75 Å². The van der Waals surface area contributed by atoms with Gasteiger partial charge >= 0.3 is 5.97 Å². The van der Waals surface area contributed by atoms with Crippen LogP contribution in [0.3, 0.4) is 0 Å². The molecule has 0 atom stereocenters. The van der Waals surface area contributed by atoms with E-state index in [0.717, 1.165) is 21.5 Å². The van der Waals surface area contributed by atoms with Crippen LogP contribution in [-0.4, -0.2) is 16.7 Å². The monoisotopic (exact) mass is 294 g/mol. The van der Waals surface area contributed by atoms with Crippen LogP contribution in [0.4, 0.5) is 0 Å². The molecule has 0 aromatic heterocycles. The van der Waals surface area contributed by atoms with Gasteiger partial charge in [0.1, 0.15) is 11.4 Å². The predicted octanol–water partition coefficient (Wildman–Crippen LogP) is 4.65. The van der Waals surface area contributed by atoms with Gasteiger partial charge in [-0.3, -0.25) is 0 Å². The van der Waals surface area contributed by atoms with E-state index >= 15 is 0 Å². The van der Waals surface area contributed by atoms with E-state index < -0.39 is 11.6 Å². The summed E-state index contributed by atoms with van der Waals surface area (Å²) >= 11 is 0. The average Bonchev–Trinajstić information content (AvgIpc) is 2.43. The van der Waals surface area contributed by atoms with Crippen LogP contribution >= 0.6 is 0 Å². The molecule has 0 aliphatic carbocycles. The van der Waals surface area contributed by atoms with Gasteiger partial charge in [0.2, 0.25) is 0 Å². The highest BCUT2D eigenvalue weighted by Gasteiger charge is 2.19. The number of rotatable bonds is 1. The number of carbonyl (C=O) groups is 1. The zero-order valence-electron chi connectivity index (χ0n) is 12.9. The Morgan fingerprint density at radius 2 is 1.59 bits per heavy atom. The molecular weight excluding hydrogens is 276 g/mol. The fourth-order valence-electron chi connectivity index (χ4n) is 2.49. The Balaban J connectivity index is 2.15. The van der Waals surface area contributed by atoms with Gasteiger partial charge in [-0.1, -0.05) is 24.3 Å². The van der Waals surface area contributed by atoms with Gasteiger partial charge in [-0.05, 0) is 61.2 Å². The first-order valence-corrected chi connectivity index (χ1v) is 7.22. The molecule has 0 fully saturated rings. The molecular formula is C19H18O3. The van der Waals surface area contributed by atoms with E-state index in [-0.39, 0.29) is 5.75 Å². The molecule has 0 heterocycles. The molecule has 3 nitrogen and oxygen atoms in total. The summed E-state index contributed by atoms with van der Waals surface area (Å²) in [6.45, 7) is 5.46. The molecule has 0 aliphatic rings. The largest absolute Gasteiger partial charge is 0.507 e. The first-order chi connectivity index (χ1) is 10.3. The molecule has 0 amide bonds. The number of phenols is 1. The van der Waals surface area contributed by atoms with E-state index in [1.54, 1.807) is 6.07 Å². The SMILES string of the molecule is CC(C)(C)OC(=O)c1cc(O)c2cc3ccccc3cc2c1. The molecule has 3 heteroatoms. The summed E-state index contributed by atoms with van der Waals surface area (Å²) in [5.74, 6) is -0.345. The van der Waals surface area contributed by atoms with Crippen molar-refractivity contribution in [2.24, 2.45) is 0 Å². The fourth-order valence-corrected chi connectivity index (χ4v) is 2.49. The molecule has 0 saturated carbocycles. The Labute approximate surface area is 129 Å². The molecule has 22 heavy (non-hydrogen) atoms. The van der Waals surface area contributed by atoms with Crippen molar-refractivity contribution in [1.82, 2.24) is 0 Å². The molecule has 3 aromatic rings. The van der Waals surface area contributed by atoms with Crippen LogP contribution in [0.5, 0.6) is 5.75 Å². The second-order valence-corrected chi connectivity index (χ2v) is 6.42. The van der Waals surface area contributed by atoms with Crippen LogP contribution in [0.15, 0.2) is 48.5 Å². The van der Waals surface area contributed by atoms with Gasteiger partial charge < -0.3 is 9.84 Å². The third-order valence-electron chi connectivity index (χ3n) is 3.43. The molecule has 0 saturated heterocycles. The van der Waals surface area contributed by atoms with E-state index in [1.165, 1.54) is 6.07 Å². The first kappa shape index (κ1) is 14.4. The highest BCUT2D eigenvalue weighted by atomic mass is 16.6. The molecule has 0 unspecified atom stereocenters. The molecule has 0 spiro atoms. The Bertz CT molecular complexity index is 873. The molecule has 3 aromatic carbocycles. The van der Waals surface area contributed by atoms with E-state index in [1.807, 2.05) is 57.2 Å². The molecule has 0 bridgehead atoms. The number of benzene rings is 3. The van der Waals surface area contributed by atoms with Gasteiger partial charge in [0, 0.05) is 5.39 Å².